The topological polar surface area (TPSA) is 93.7 Å². The van der Waals surface area contributed by atoms with E-state index in [1.54, 1.807) is 42.5 Å². The number of hydrogen-bond donors (Lipinski definition) is 2. The molecule has 0 aromatic heterocycles. The Kier molecular flexibility index (Phi) is 7.95. The molecule has 174 valence electrons. The van der Waals surface area contributed by atoms with Crippen molar-refractivity contribution in [3.8, 4) is 11.5 Å². The van der Waals surface area contributed by atoms with Crippen LogP contribution in [0.5, 0.6) is 11.5 Å². The van der Waals surface area contributed by atoms with Crippen LogP contribution in [0.3, 0.4) is 0 Å². The molecule has 0 radical (unpaired) electrons. The predicted molar refractivity (Wildman–Crippen MR) is 130 cm³/mol. The molecule has 0 unspecified atom stereocenters. The van der Waals surface area contributed by atoms with Crippen LogP contribution in [0.2, 0.25) is 0 Å². The van der Waals surface area contributed by atoms with Gasteiger partial charge in [-0.3, -0.25) is 9.52 Å². The van der Waals surface area contributed by atoms with Crippen LogP contribution in [0, 0.1) is 6.92 Å². The second kappa shape index (κ2) is 10.9. The number of carbonyl (C=O) groups is 1. The zero-order valence-corrected chi connectivity index (χ0v) is 19.7. The van der Waals surface area contributed by atoms with E-state index in [1.165, 1.54) is 25.3 Å². The lowest BCUT2D eigenvalue weighted by molar-refractivity contribution is 0.102. The summed E-state index contributed by atoms with van der Waals surface area (Å²) in [6.45, 7) is 4.52. The van der Waals surface area contributed by atoms with Gasteiger partial charge in [-0.05, 0) is 55.8 Å². The van der Waals surface area contributed by atoms with E-state index in [-0.39, 0.29) is 16.2 Å². The minimum Gasteiger partial charge on any atom is -0.495 e. The molecule has 7 nitrogen and oxygen atoms in total. The van der Waals surface area contributed by atoms with E-state index in [2.05, 4.69) is 17.0 Å². The van der Waals surface area contributed by atoms with Gasteiger partial charge < -0.3 is 14.8 Å². The van der Waals surface area contributed by atoms with Gasteiger partial charge in [0.25, 0.3) is 15.9 Å². The molecule has 33 heavy (non-hydrogen) atoms. The maximum atomic E-state index is 13.1. The summed E-state index contributed by atoms with van der Waals surface area (Å²) < 4.78 is 39.7. The number of amides is 1. The number of rotatable bonds is 10. The molecule has 0 heterocycles. The lowest BCUT2D eigenvalue weighted by Crippen LogP contribution is -2.17. The zero-order valence-electron chi connectivity index (χ0n) is 18.9. The van der Waals surface area contributed by atoms with Crippen LogP contribution in [-0.4, -0.2) is 28.0 Å². The molecule has 8 heteroatoms. The highest BCUT2D eigenvalue weighted by Gasteiger charge is 2.22. The fraction of sp³-hybridized carbons (Fsp3) is 0.240. The van der Waals surface area contributed by atoms with Gasteiger partial charge in [-0.25, -0.2) is 8.42 Å². The van der Waals surface area contributed by atoms with Gasteiger partial charge in [0.2, 0.25) is 0 Å². The highest BCUT2D eigenvalue weighted by molar-refractivity contribution is 7.92. The molecule has 0 saturated heterocycles. The van der Waals surface area contributed by atoms with Crippen molar-refractivity contribution in [3.05, 3.63) is 77.9 Å². The van der Waals surface area contributed by atoms with E-state index in [1.807, 2.05) is 13.0 Å². The molecular formula is C25H28N2O5S. The number of anilines is 2. The Labute approximate surface area is 194 Å². The number of methoxy groups -OCH3 is 1. The highest BCUT2D eigenvalue weighted by atomic mass is 32.2. The summed E-state index contributed by atoms with van der Waals surface area (Å²) >= 11 is 0. The molecule has 0 saturated carbocycles. The average molecular weight is 469 g/mol. The van der Waals surface area contributed by atoms with Crippen LogP contribution >= 0.6 is 0 Å². The highest BCUT2D eigenvalue weighted by Crippen LogP contribution is 2.29. The number of benzene rings is 3. The van der Waals surface area contributed by atoms with Gasteiger partial charge in [-0.15, -0.1) is 0 Å². The number of nitrogens with one attached hydrogen (secondary N) is 2. The molecule has 3 rings (SSSR count). The van der Waals surface area contributed by atoms with E-state index >= 15 is 0 Å². The zero-order chi connectivity index (χ0) is 23.8. The number of sulfonamides is 1. The molecule has 0 bridgehead atoms. The fourth-order valence-electron chi connectivity index (χ4n) is 3.08. The lowest BCUT2D eigenvalue weighted by Gasteiger charge is -2.15. The third-order valence-corrected chi connectivity index (χ3v) is 6.31. The molecule has 0 fully saturated rings. The van der Waals surface area contributed by atoms with Crippen LogP contribution in [0.4, 0.5) is 11.4 Å². The number of aryl methyl sites for hydroxylation is 1. The number of unbranched alkanes of at least 4 members (excludes halogenated alkanes) is 1. The minimum absolute atomic E-state index is 0.134. The van der Waals surface area contributed by atoms with Crippen molar-refractivity contribution in [1.82, 2.24) is 0 Å². The number of carbonyl (C=O) groups excluding carboxylic acids is 1. The van der Waals surface area contributed by atoms with Gasteiger partial charge in [0.15, 0.2) is 0 Å². The summed E-state index contributed by atoms with van der Waals surface area (Å²) in [4.78, 5) is 12.8. The van der Waals surface area contributed by atoms with Crippen LogP contribution < -0.4 is 19.5 Å². The van der Waals surface area contributed by atoms with Crippen molar-refractivity contribution in [3.63, 3.8) is 0 Å². The van der Waals surface area contributed by atoms with Crippen molar-refractivity contribution >= 4 is 27.3 Å². The predicted octanol–water partition coefficient (Wildman–Crippen LogP) is 5.24. The molecule has 0 spiro atoms. The first kappa shape index (κ1) is 24.1. The fourth-order valence-corrected chi connectivity index (χ4v) is 4.33. The van der Waals surface area contributed by atoms with Gasteiger partial charge in [-0.1, -0.05) is 43.2 Å². The minimum atomic E-state index is -4.00. The summed E-state index contributed by atoms with van der Waals surface area (Å²) in [6, 6.07) is 18.4. The molecule has 3 aromatic rings. The normalized spacial score (nSPS) is 11.0. The molecule has 0 aliphatic carbocycles. The summed E-state index contributed by atoms with van der Waals surface area (Å²) in [7, 11) is -2.62. The Hall–Kier alpha value is -3.52. The average Bonchev–Trinajstić information content (AvgIpc) is 2.81. The van der Waals surface area contributed by atoms with Crippen molar-refractivity contribution < 1.29 is 22.7 Å². The van der Waals surface area contributed by atoms with Crippen molar-refractivity contribution in [1.29, 1.82) is 0 Å². The maximum Gasteiger partial charge on any atom is 0.265 e. The summed E-state index contributed by atoms with van der Waals surface area (Å²) in [5.74, 6) is 0.229. The summed E-state index contributed by atoms with van der Waals surface area (Å²) in [6.07, 6.45) is 1.89. The second-order valence-corrected chi connectivity index (χ2v) is 9.14. The SMILES string of the molecule is CCCCOc1ccccc1NC(=O)c1ccc(OC)c(S(=O)(=O)Nc2ccc(C)cc2)c1. The molecular weight excluding hydrogens is 440 g/mol. The number of hydrogen-bond acceptors (Lipinski definition) is 5. The van der Waals surface area contributed by atoms with E-state index in [0.29, 0.717) is 23.7 Å². The van der Waals surface area contributed by atoms with Gasteiger partial charge in [0, 0.05) is 11.3 Å². The molecule has 0 aliphatic rings. The first-order chi connectivity index (χ1) is 15.8. The van der Waals surface area contributed by atoms with E-state index in [4.69, 9.17) is 9.47 Å². The molecule has 0 aliphatic heterocycles. The third kappa shape index (κ3) is 6.26. The van der Waals surface area contributed by atoms with E-state index in [0.717, 1.165) is 18.4 Å². The van der Waals surface area contributed by atoms with E-state index in [9.17, 15) is 13.2 Å². The van der Waals surface area contributed by atoms with Crippen LogP contribution in [0.15, 0.2) is 71.6 Å². The Morgan fingerprint density at radius 2 is 1.70 bits per heavy atom. The lowest BCUT2D eigenvalue weighted by atomic mass is 10.2. The molecule has 0 atom stereocenters. The maximum absolute atomic E-state index is 13.1. The number of para-hydroxylation sites is 2. The van der Waals surface area contributed by atoms with Crippen molar-refractivity contribution in [2.24, 2.45) is 0 Å². The standard InChI is InChI=1S/C25H28N2O5S/c1-4-5-16-32-22-9-7-6-8-21(22)26-25(28)19-12-15-23(31-3)24(17-19)33(29,30)27-20-13-10-18(2)11-14-20/h6-15,17,27H,4-5,16H2,1-3H3,(H,26,28). The third-order valence-electron chi connectivity index (χ3n) is 4.91. The summed E-state index contributed by atoms with van der Waals surface area (Å²) in [5, 5.41) is 2.81. The van der Waals surface area contributed by atoms with Gasteiger partial charge in [0.1, 0.15) is 16.4 Å². The van der Waals surface area contributed by atoms with Gasteiger partial charge >= 0.3 is 0 Å². The number of ether oxygens (including phenoxy) is 2. The Morgan fingerprint density at radius 1 is 0.970 bits per heavy atom. The Balaban J connectivity index is 1.86. The molecule has 2 N–H and O–H groups in total. The van der Waals surface area contributed by atoms with Gasteiger partial charge in [0.05, 0.1) is 19.4 Å². The smallest absolute Gasteiger partial charge is 0.265 e. The second-order valence-electron chi connectivity index (χ2n) is 7.49. The Bertz CT molecular complexity index is 1210. The quantitative estimate of drug-likeness (QED) is 0.397. The summed E-state index contributed by atoms with van der Waals surface area (Å²) in [5.41, 5.74) is 2.10. The first-order valence-corrected chi connectivity index (χ1v) is 12.1. The Morgan fingerprint density at radius 3 is 2.39 bits per heavy atom. The van der Waals surface area contributed by atoms with Gasteiger partial charge in [-0.2, -0.15) is 0 Å². The molecule has 1 amide bonds. The monoisotopic (exact) mass is 468 g/mol. The van der Waals surface area contributed by atoms with Crippen LogP contribution in [0.1, 0.15) is 35.7 Å². The largest absolute Gasteiger partial charge is 0.495 e. The first-order valence-electron chi connectivity index (χ1n) is 10.6. The van der Waals surface area contributed by atoms with Crippen LogP contribution in [-0.2, 0) is 10.0 Å². The van der Waals surface area contributed by atoms with Crippen molar-refractivity contribution in [2.75, 3.05) is 23.8 Å². The molecule has 3 aromatic carbocycles. The van der Waals surface area contributed by atoms with Crippen molar-refractivity contribution in [2.45, 2.75) is 31.6 Å². The van der Waals surface area contributed by atoms with E-state index < -0.39 is 15.9 Å². The van der Waals surface area contributed by atoms with Crippen LogP contribution in [0.25, 0.3) is 0 Å².